The van der Waals surface area contributed by atoms with Crippen molar-refractivity contribution in [3.63, 3.8) is 0 Å². The SMILES string of the molecule is C=C(C)C(=O)[O-].CC(C)CCCCCCCCCCCCCCC(=O)[O-].[O-]CC[O-].[Ti+4]. The second kappa shape index (κ2) is 31.5. The van der Waals surface area contributed by atoms with Crippen molar-refractivity contribution in [3.05, 3.63) is 12.2 Å². The quantitative estimate of drug-likeness (QED) is 0.179. The van der Waals surface area contributed by atoms with Crippen molar-refractivity contribution >= 4 is 11.9 Å². The van der Waals surface area contributed by atoms with Gasteiger partial charge in [0.25, 0.3) is 0 Å². The molecule has 0 aromatic heterocycles. The van der Waals surface area contributed by atoms with E-state index in [0.717, 1.165) is 18.8 Å². The molecular formula is C24H44O6Ti. The van der Waals surface area contributed by atoms with Gasteiger partial charge >= 0.3 is 21.7 Å². The summed E-state index contributed by atoms with van der Waals surface area (Å²) in [5.41, 5.74) is 0.0648. The monoisotopic (exact) mass is 476 g/mol. The van der Waals surface area contributed by atoms with Crippen molar-refractivity contribution in [2.24, 2.45) is 5.92 Å². The van der Waals surface area contributed by atoms with E-state index in [1.165, 1.54) is 77.6 Å². The third-order valence-corrected chi connectivity index (χ3v) is 4.34. The van der Waals surface area contributed by atoms with Gasteiger partial charge in [0.15, 0.2) is 0 Å². The molecule has 180 valence electrons. The molecule has 0 unspecified atom stereocenters. The van der Waals surface area contributed by atoms with Crippen molar-refractivity contribution in [2.75, 3.05) is 13.2 Å². The molecule has 0 N–H and O–H groups in total. The zero-order valence-electron chi connectivity index (χ0n) is 20.0. The number of hydrogen-bond acceptors (Lipinski definition) is 6. The predicted octanol–water partition coefficient (Wildman–Crippen LogP) is 1.87. The van der Waals surface area contributed by atoms with E-state index in [1.807, 2.05) is 0 Å². The normalized spacial score (nSPS) is 9.61. The van der Waals surface area contributed by atoms with Gasteiger partial charge in [-0.05, 0) is 31.3 Å². The fourth-order valence-corrected chi connectivity index (χ4v) is 2.59. The molecule has 0 spiro atoms. The summed E-state index contributed by atoms with van der Waals surface area (Å²) >= 11 is 0. The average molecular weight is 476 g/mol. The minimum Gasteiger partial charge on any atom is -0.855 e. The van der Waals surface area contributed by atoms with Crippen molar-refractivity contribution in [1.82, 2.24) is 0 Å². The molecule has 0 aromatic carbocycles. The number of rotatable bonds is 17. The zero-order chi connectivity index (χ0) is 23.6. The minimum atomic E-state index is -1.19. The number of carbonyl (C=O) groups excluding carboxylic acids is 2. The van der Waals surface area contributed by atoms with Crippen molar-refractivity contribution in [3.8, 4) is 0 Å². The summed E-state index contributed by atoms with van der Waals surface area (Å²) in [7, 11) is 0. The number of carboxylic acids is 2. The Kier molecular flexibility index (Phi) is 38.2. The summed E-state index contributed by atoms with van der Waals surface area (Å²) in [6.45, 7) is 8.11. The van der Waals surface area contributed by atoms with Crippen molar-refractivity contribution < 1.29 is 51.7 Å². The van der Waals surface area contributed by atoms with Crippen LogP contribution in [0.1, 0.15) is 111 Å². The van der Waals surface area contributed by atoms with Gasteiger partial charge in [0.1, 0.15) is 0 Å². The number of carbonyl (C=O) groups is 2. The van der Waals surface area contributed by atoms with Gasteiger partial charge in [0.05, 0.1) is 5.97 Å². The molecule has 0 saturated carbocycles. The smallest absolute Gasteiger partial charge is 0.855 e. The van der Waals surface area contributed by atoms with Crippen molar-refractivity contribution in [2.45, 2.75) is 111 Å². The number of hydrogen-bond donors (Lipinski definition) is 0. The first-order valence-corrected chi connectivity index (χ1v) is 11.4. The maximum atomic E-state index is 10.2. The Labute approximate surface area is 205 Å². The average Bonchev–Trinajstić information content (AvgIpc) is 2.68. The first-order valence-electron chi connectivity index (χ1n) is 11.4. The van der Waals surface area contributed by atoms with E-state index in [9.17, 15) is 19.8 Å². The molecule has 0 atom stereocenters. The summed E-state index contributed by atoms with van der Waals surface area (Å²) in [6.07, 6.45) is 17.0. The van der Waals surface area contributed by atoms with Crippen LogP contribution < -0.4 is 20.4 Å². The van der Waals surface area contributed by atoms with Crippen LogP contribution in [0.15, 0.2) is 12.2 Å². The first-order chi connectivity index (χ1) is 14.2. The first kappa shape index (κ1) is 37.6. The Hall–Kier alpha value is -0.686. The van der Waals surface area contributed by atoms with Gasteiger partial charge < -0.3 is 30.0 Å². The maximum absolute atomic E-state index is 10.2. The van der Waals surface area contributed by atoms with Gasteiger partial charge in [-0.2, -0.15) is 13.2 Å². The third-order valence-electron chi connectivity index (χ3n) is 4.34. The molecule has 0 rings (SSSR count). The van der Waals surface area contributed by atoms with Crippen molar-refractivity contribution in [1.29, 1.82) is 0 Å². The van der Waals surface area contributed by atoms with Crippen LogP contribution in [0.2, 0.25) is 0 Å². The Balaban J connectivity index is -0.000000275. The molecule has 0 bridgehead atoms. The van der Waals surface area contributed by atoms with Gasteiger partial charge in [-0.1, -0.05) is 97.5 Å². The molecule has 0 heterocycles. The van der Waals surface area contributed by atoms with Crippen LogP contribution in [0.5, 0.6) is 0 Å². The Morgan fingerprint density at radius 1 is 0.710 bits per heavy atom. The predicted molar refractivity (Wildman–Crippen MR) is 114 cm³/mol. The van der Waals surface area contributed by atoms with Crippen LogP contribution in [-0.4, -0.2) is 25.2 Å². The number of unbranched alkanes of at least 4 members (excludes halogenated alkanes) is 11. The van der Waals surface area contributed by atoms with Gasteiger partial charge in [0, 0.05) is 5.97 Å². The Morgan fingerprint density at radius 3 is 1.23 bits per heavy atom. The third kappa shape index (κ3) is 48.1. The summed E-state index contributed by atoms with van der Waals surface area (Å²) in [4.78, 5) is 19.7. The van der Waals surface area contributed by atoms with Crippen LogP contribution >= 0.6 is 0 Å². The Bertz CT molecular complexity index is 386. The van der Waals surface area contributed by atoms with Crippen LogP contribution in [0, 0.1) is 5.92 Å². The zero-order valence-corrected chi connectivity index (χ0v) is 21.6. The second-order valence-corrected chi connectivity index (χ2v) is 8.02. The summed E-state index contributed by atoms with van der Waals surface area (Å²) < 4.78 is 0. The van der Waals surface area contributed by atoms with E-state index >= 15 is 0 Å². The van der Waals surface area contributed by atoms with Gasteiger partial charge in [-0.15, -0.1) is 0 Å². The molecule has 0 aliphatic rings. The summed E-state index contributed by atoms with van der Waals surface area (Å²) in [6, 6.07) is 0. The molecule has 0 radical (unpaired) electrons. The number of carboxylic acid groups (broad SMARTS) is 2. The van der Waals surface area contributed by atoms with Crippen LogP contribution in [0.25, 0.3) is 0 Å². The largest absolute Gasteiger partial charge is 4.00 e. The molecule has 0 aliphatic heterocycles. The van der Waals surface area contributed by atoms with E-state index in [4.69, 9.17) is 10.2 Å². The summed E-state index contributed by atoms with van der Waals surface area (Å²) in [5.74, 6) is -1.23. The fraction of sp³-hybridized carbons (Fsp3) is 0.833. The topological polar surface area (TPSA) is 126 Å². The van der Waals surface area contributed by atoms with Gasteiger partial charge in [0.2, 0.25) is 0 Å². The Morgan fingerprint density at radius 2 is 1.00 bits per heavy atom. The standard InChI is InChI=1S/C18H36O2.C4H6O2.C2H4O2.Ti/c1-17(2)15-13-11-9-7-5-3-4-6-8-10-12-14-16-18(19)20;1-3(2)4(5)6;3-1-2-4;/h17H,3-16H2,1-2H3,(H,19,20);1H2,2H3,(H,5,6);1-2H2;/q;;-2;+4/p-2. The molecule has 31 heavy (non-hydrogen) atoms. The van der Waals surface area contributed by atoms with Gasteiger partial charge in [-0.3, -0.25) is 0 Å². The van der Waals surface area contributed by atoms with E-state index < -0.39 is 25.2 Å². The molecule has 0 fully saturated rings. The molecule has 6 nitrogen and oxygen atoms in total. The van der Waals surface area contributed by atoms with E-state index in [2.05, 4.69) is 20.4 Å². The summed E-state index contributed by atoms with van der Waals surface area (Å²) in [5, 5.41) is 37.7. The molecule has 0 saturated heterocycles. The van der Waals surface area contributed by atoms with Crippen LogP contribution in [0.4, 0.5) is 0 Å². The van der Waals surface area contributed by atoms with Crippen LogP contribution in [0.3, 0.4) is 0 Å². The second-order valence-electron chi connectivity index (χ2n) is 8.02. The molecule has 7 heteroatoms. The fourth-order valence-electron chi connectivity index (χ4n) is 2.59. The van der Waals surface area contributed by atoms with E-state index in [1.54, 1.807) is 0 Å². The molecular weight excluding hydrogens is 432 g/mol. The number of aliphatic carboxylic acids is 2. The van der Waals surface area contributed by atoms with Crippen LogP contribution in [-0.2, 0) is 31.3 Å². The molecule has 0 amide bonds. The minimum absolute atomic E-state index is 0. The van der Waals surface area contributed by atoms with E-state index in [0.29, 0.717) is 0 Å². The molecule has 0 aliphatic carbocycles. The van der Waals surface area contributed by atoms with Gasteiger partial charge in [-0.25, -0.2) is 0 Å². The maximum Gasteiger partial charge on any atom is 4.00 e. The van der Waals surface area contributed by atoms with E-state index in [-0.39, 0.29) is 33.7 Å². The molecule has 0 aromatic rings.